The van der Waals surface area contributed by atoms with Crippen molar-refractivity contribution in [3.8, 4) is 11.4 Å². The van der Waals surface area contributed by atoms with E-state index in [9.17, 15) is 9.59 Å². The minimum atomic E-state index is -0.198. The molecule has 29 heavy (non-hydrogen) atoms. The van der Waals surface area contributed by atoms with E-state index in [0.717, 1.165) is 35.5 Å². The van der Waals surface area contributed by atoms with Crippen LogP contribution in [0.15, 0.2) is 34.7 Å². The van der Waals surface area contributed by atoms with Crippen molar-refractivity contribution in [2.75, 3.05) is 6.54 Å². The lowest BCUT2D eigenvalue weighted by Gasteiger charge is -2.08. The molecule has 0 unspecified atom stereocenters. The van der Waals surface area contributed by atoms with Gasteiger partial charge in [-0.15, -0.1) is 11.3 Å². The van der Waals surface area contributed by atoms with Crippen molar-refractivity contribution in [1.29, 1.82) is 0 Å². The lowest BCUT2D eigenvalue weighted by Crippen LogP contribution is -2.26. The van der Waals surface area contributed by atoms with Crippen molar-refractivity contribution in [2.45, 2.75) is 46.0 Å². The highest BCUT2D eigenvalue weighted by Crippen LogP contribution is 2.14. The summed E-state index contributed by atoms with van der Waals surface area (Å²) in [6.07, 6.45) is 6.79. The van der Waals surface area contributed by atoms with E-state index in [4.69, 9.17) is 0 Å². The zero-order valence-electron chi connectivity index (χ0n) is 16.7. The number of hydrogen-bond acceptors (Lipinski definition) is 6. The van der Waals surface area contributed by atoms with Gasteiger partial charge in [0.05, 0.1) is 5.01 Å². The van der Waals surface area contributed by atoms with E-state index in [2.05, 4.69) is 30.6 Å². The highest BCUT2D eigenvalue weighted by Gasteiger charge is 2.11. The first-order valence-corrected chi connectivity index (χ1v) is 10.6. The fraction of sp³-hybridized carbons (Fsp3) is 0.381. The van der Waals surface area contributed by atoms with Gasteiger partial charge in [-0.05, 0) is 51.7 Å². The van der Waals surface area contributed by atoms with Gasteiger partial charge in [0.2, 0.25) is 5.91 Å². The van der Waals surface area contributed by atoms with Gasteiger partial charge in [0.1, 0.15) is 5.82 Å². The molecule has 7 nitrogen and oxygen atoms in total. The quantitative estimate of drug-likeness (QED) is 0.527. The summed E-state index contributed by atoms with van der Waals surface area (Å²) in [5.74, 6) is 0.464. The largest absolute Gasteiger partial charge is 0.356 e. The Bertz CT molecular complexity index is 1010. The Morgan fingerprint density at radius 2 is 1.93 bits per heavy atom. The SMILES string of the molecule is Cc1csc(CCCCNC(=O)CCc2c(C)nc(-c3ccncc3)[nH]c2=O)n1. The van der Waals surface area contributed by atoms with Gasteiger partial charge in [0, 0.05) is 53.3 Å². The van der Waals surface area contributed by atoms with Crippen LogP contribution in [0.4, 0.5) is 0 Å². The van der Waals surface area contributed by atoms with E-state index >= 15 is 0 Å². The number of thiazole rings is 1. The Morgan fingerprint density at radius 3 is 2.62 bits per heavy atom. The molecule has 3 aromatic rings. The molecule has 0 saturated heterocycles. The number of H-pyrrole nitrogens is 1. The summed E-state index contributed by atoms with van der Waals surface area (Å²) in [6, 6.07) is 3.58. The molecule has 0 saturated carbocycles. The van der Waals surface area contributed by atoms with E-state index in [-0.39, 0.29) is 17.9 Å². The van der Waals surface area contributed by atoms with Crippen LogP contribution in [0.3, 0.4) is 0 Å². The van der Waals surface area contributed by atoms with Gasteiger partial charge in [0.15, 0.2) is 0 Å². The Hall–Kier alpha value is -2.87. The molecular weight excluding hydrogens is 386 g/mol. The normalized spacial score (nSPS) is 10.8. The van der Waals surface area contributed by atoms with Gasteiger partial charge < -0.3 is 10.3 Å². The van der Waals surface area contributed by atoms with E-state index < -0.39 is 0 Å². The molecule has 0 fully saturated rings. The second kappa shape index (κ2) is 10.1. The number of pyridine rings is 1. The molecule has 3 aromatic heterocycles. The van der Waals surface area contributed by atoms with E-state index in [1.165, 1.54) is 0 Å². The molecular formula is C21H25N5O2S. The number of aromatic amines is 1. The van der Waals surface area contributed by atoms with Gasteiger partial charge in [-0.3, -0.25) is 14.6 Å². The zero-order valence-corrected chi connectivity index (χ0v) is 17.5. The lowest BCUT2D eigenvalue weighted by molar-refractivity contribution is -0.121. The lowest BCUT2D eigenvalue weighted by atomic mass is 10.1. The molecule has 2 N–H and O–H groups in total. The fourth-order valence-corrected chi connectivity index (χ4v) is 3.84. The van der Waals surface area contributed by atoms with Crippen molar-refractivity contribution in [1.82, 2.24) is 25.3 Å². The first kappa shape index (κ1) is 20.9. The molecule has 3 rings (SSSR count). The minimum absolute atomic E-state index is 0.0490. The number of aryl methyl sites for hydroxylation is 3. The van der Waals surface area contributed by atoms with Crippen LogP contribution in [0.5, 0.6) is 0 Å². The molecule has 0 aliphatic heterocycles. The van der Waals surface area contributed by atoms with E-state index in [1.54, 1.807) is 42.8 Å². The van der Waals surface area contributed by atoms with Crippen LogP contribution in [-0.4, -0.2) is 32.4 Å². The van der Waals surface area contributed by atoms with Crippen molar-refractivity contribution in [3.05, 3.63) is 62.2 Å². The predicted octanol–water partition coefficient (Wildman–Crippen LogP) is 2.98. The molecule has 0 aromatic carbocycles. The van der Waals surface area contributed by atoms with Gasteiger partial charge >= 0.3 is 0 Å². The number of rotatable bonds is 9. The van der Waals surface area contributed by atoms with Crippen molar-refractivity contribution >= 4 is 17.2 Å². The second-order valence-corrected chi connectivity index (χ2v) is 7.85. The summed E-state index contributed by atoms with van der Waals surface area (Å²) in [4.78, 5) is 40.2. The van der Waals surface area contributed by atoms with Crippen LogP contribution in [0.1, 0.15) is 41.2 Å². The third kappa shape index (κ3) is 6.05. The maximum absolute atomic E-state index is 12.4. The van der Waals surface area contributed by atoms with Crippen molar-refractivity contribution in [2.24, 2.45) is 0 Å². The van der Waals surface area contributed by atoms with Crippen LogP contribution in [0.2, 0.25) is 0 Å². The van der Waals surface area contributed by atoms with E-state index in [1.807, 2.05) is 6.92 Å². The number of nitrogens with one attached hydrogen (secondary N) is 2. The average Bonchev–Trinajstić information content (AvgIpc) is 3.12. The number of carbonyl (C=O) groups excluding carboxylic acids is 1. The standard InChI is InChI=1S/C21H25N5O2S/c1-14-13-29-19(24-14)5-3-4-10-23-18(27)7-6-17-15(2)25-20(26-21(17)28)16-8-11-22-12-9-16/h8-9,11-13H,3-7,10H2,1-2H3,(H,23,27)(H,25,26,28). The molecule has 0 radical (unpaired) electrons. The summed E-state index contributed by atoms with van der Waals surface area (Å²) < 4.78 is 0. The van der Waals surface area contributed by atoms with Crippen molar-refractivity contribution in [3.63, 3.8) is 0 Å². The monoisotopic (exact) mass is 411 g/mol. The Labute approximate surface area is 173 Å². The second-order valence-electron chi connectivity index (χ2n) is 6.90. The number of hydrogen-bond donors (Lipinski definition) is 2. The first-order valence-electron chi connectivity index (χ1n) is 9.71. The van der Waals surface area contributed by atoms with E-state index in [0.29, 0.717) is 30.0 Å². The molecule has 0 aliphatic rings. The summed E-state index contributed by atoms with van der Waals surface area (Å²) in [6.45, 7) is 4.43. The Kier molecular flexibility index (Phi) is 7.24. The molecule has 3 heterocycles. The van der Waals surface area contributed by atoms with Crippen LogP contribution in [-0.2, 0) is 17.6 Å². The first-order chi connectivity index (χ1) is 14.0. The summed E-state index contributed by atoms with van der Waals surface area (Å²) in [5, 5.41) is 6.12. The van der Waals surface area contributed by atoms with Gasteiger partial charge in [-0.2, -0.15) is 0 Å². The zero-order chi connectivity index (χ0) is 20.6. The molecule has 1 amide bonds. The molecule has 152 valence electrons. The van der Waals surface area contributed by atoms with Gasteiger partial charge in [0.25, 0.3) is 5.56 Å². The maximum atomic E-state index is 12.4. The highest BCUT2D eigenvalue weighted by molar-refractivity contribution is 7.09. The smallest absolute Gasteiger partial charge is 0.254 e. The number of amides is 1. The maximum Gasteiger partial charge on any atom is 0.254 e. The topological polar surface area (TPSA) is 101 Å². The third-order valence-corrected chi connectivity index (χ3v) is 5.61. The van der Waals surface area contributed by atoms with Crippen LogP contribution in [0.25, 0.3) is 11.4 Å². The Morgan fingerprint density at radius 1 is 1.14 bits per heavy atom. The molecule has 0 spiro atoms. The molecule has 0 atom stereocenters. The predicted molar refractivity (Wildman–Crippen MR) is 114 cm³/mol. The third-order valence-electron chi connectivity index (χ3n) is 4.58. The summed E-state index contributed by atoms with van der Waals surface area (Å²) in [5.41, 5.74) is 2.87. The van der Waals surface area contributed by atoms with Gasteiger partial charge in [-0.1, -0.05) is 0 Å². The fourth-order valence-electron chi connectivity index (χ4n) is 3.02. The van der Waals surface area contributed by atoms with Crippen LogP contribution in [0, 0.1) is 13.8 Å². The number of nitrogens with zero attached hydrogens (tertiary/aromatic N) is 3. The molecule has 8 heteroatoms. The Balaban J connectivity index is 1.44. The number of aromatic nitrogens is 4. The molecule has 0 aliphatic carbocycles. The summed E-state index contributed by atoms with van der Waals surface area (Å²) in [7, 11) is 0. The highest BCUT2D eigenvalue weighted by atomic mass is 32.1. The van der Waals surface area contributed by atoms with Crippen molar-refractivity contribution < 1.29 is 4.79 Å². The summed E-state index contributed by atoms with van der Waals surface area (Å²) >= 11 is 1.68. The van der Waals surface area contributed by atoms with Crippen LogP contribution >= 0.6 is 11.3 Å². The number of carbonyl (C=O) groups is 1. The van der Waals surface area contributed by atoms with Crippen LogP contribution < -0.4 is 10.9 Å². The van der Waals surface area contributed by atoms with Gasteiger partial charge in [-0.25, -0.2) is 9.97 Å². The number of unbranched alkanes of at least 4 members (excludes halogenated alkanes) is 1. The average molecular weight is 412 g/mol. The molecule has 0 bridgehead atoms. The minimum Gasteiger partial charge on any atom is -0.356 e.